The van der Waals surface area contributed by atoms with Gasteiger partial charge in [0.05, 0.1) is 13.2 Å². The van der Waals surface area contributed by atoms with E-state index < -0.39 is 7.82 Å². The van der Waals surface area contributed by atoms with Crippen LogP contribution >= 0.6 is 7.82 Å². The molecule has 0 atom stereocenters. The van der Waals surface area contributed by atoms with Crippen molar-refractivity contribution in [1.29, 1.82) is 0 Å². The molecular weight excluding hydrogens is 273 g/mol. The molecule has 0 spiro atoms. The van der Waals surface area contributed by atoms with Gasteiger partial charge in [-0.3, -0.25) is 0 Å². The van der Waals surface area contributed by atoms with Gasteiger partial charge < -0.3 is 29.5 Å². The van der Waals surface area contributed by atoms with Crippen LogP contribution in [0.3, 0.4) is 0 Å². The van der Waals surface area contributed by atoms with Gasteiger partial charge in [-0.05, 0) is 0 Å². The number of hydrogen-bond acceptors (Lipinski definition) is 6. The van der Waals surface area contributed by atoms with Crippen molar-refractivity contribution in [3.8, 4) is 0 Å². The summed E-state index contributed by atoms with van der Waals surface area (Å²) in [6.45, 7) is -0.250. The van der Waals surface area contributed by atoms with Crippen LogP contribution in [0.1, 0.15) is 0 Å². The summed E-state index contributed by atoms with van der Waals surface area (Å²) in [6.07, 6.45) is 0. The molecule has 0 saturated carbocycles. The largest absolute Gasteiger partial charge is 3.00 e. The summed E-state index contributed by atoms with van der Waals surface area (Å²) >= 11 is 0. The summed E-state index contributed by atoms with van der Waals surface area (Å²) in [6, 6.07) is 0. The van der Waals surface area contributed by atoms with E-state index in [0.717, 1.165) is 0 Å². The summed E-state index contributed by atoms with van der Waals surface area (Å²) in [7, 11) is -5.39. The van der Waals surface area contributed by atoms with E-state index in [1.807, 2.05) is 0 Å². The molecule has 0 heterocycles. The minimum Gasteiger partial charge on any atom is -0.822 e. The van der Waals surface area contributed by atoms with Crippen LogP contribution in [0, 0.1) is 0 Å². The molecule has 0 aromatic heterocycles. The van der Waals surface area contributed by atoms with Crippen molar-refractivity contribution in [3.63, 3.8) is 0 Å². The van der Waals surface area contributed by atoms with Gasteiger partial charge in [0.2, 0.25) is 0 Å². The van der Waals surface area contributed by atoms with Crippen molar-refractivity contribution in [2.75, 3.05) is 13.2 Å². The Morgan fingerprint density at radius 3 is 1.20 bits per heavy atom. The Morgan fingerprint density at radius 1 is 1.10 bits per heavy atom. The molecule has 2 radical (unpaired) electrons. The van der Waals surface area contributed by atoms with Crippen molar-refractivity contribution in [1.82, 2.24) is 0 Å². The van der Waals surface area contributed by atoms with Gasteiger partial charge in [-0.15, -0.1) is 0 Å². The van der Waals surface area contributed by atoms with Crippen molar-refractivity contribution >= 4 is 32.3 Å². The van der Waals surface area contributed by atoms with E-state index in [0.29, 0.717) is 0 Å². The van der Waals surface area contributed by atoms with Gasteiger partial charge >= 0.3 is 24.4 Å². The first-order valence-electron chi connectivity index (χ1n) is 1.86. The Labute approximate surface area is 75.2 Å². The van der Waals surface area contributed by atoms with Crippen molar-refractivity contribution in [3.05, 3.63) is 0 Å². The number of phosphoric acid groups is 1. The third-order valence-electron chi connectivity index (χ3n) is 0.1000. The SMILES string of the molecule is O=P([O-])([O-])[O-].OCCO.[Sb+3]. The van der Waals surface area contributed by atoms with Crippen LogP contribution in [-0.2, 0) is 4.57 Å². The fourth-order valence-corrected chi connectivity index (χ4v) is 0. The zero-order chi connectivity index (χ0) is 7.91. The first-order chi connectivity index (χ1) is 3.91. The summed E-state index contributed by atoms with van der Waals surface area (Å²) in [5, 5.41) is 15.2. The van der Waals surface area contributed by atoms with E-state index in [4.69, 9.17) is 29.5 Å². The second kappa shape index (κ2) is 9.85. The van der Waals surface area contributed by atoms with Gasteiger partial charge in [0.15, 0.2) is 0 Å². The van der Waals surface area contributed by atoms with Gasteiger partial charge in [0, 0.05) is 0 Å². The maximum Gasteiger partial charge on any atom is 3.00 e. The van der Waals surface area contributed by atoms with Crippen LogP contribution in [0.25, 0.3) is 0 Å². The van der Waals surface area contributed by atoms with E-state index >= 15 is 0 Å². The zero-order valence-electron chi connectivity index (χ0n) is 4.84. The molecule has 0 aromatic rings. The number of aliphatic hydroxyl groups is 2. The predicted octanol–water partition coefficient (Wildman–Crippen LogP) is -4.23. The Balaban J connectivity index is -0.0000000910. The van der Waals surface area contributed by atoms with Crippen LogP contribution in [0.15, 0.2) is 0 Å². The molecule has 0 fully saturated rings. The average molecular weight is 279 g/mol. The Hall–Kier alpha value is 0.848. The number of aliphatic hydroxyl groups excluding tert-OH is 2. The first kappa shape index (κ1) is 17.1. The summed E-state index contributed by atoms with van der Waals surface area (Å²) in [5.41, 5.74) is 0. The first-order valence-corrected chi connectivity index (χ1v) is 3.32. The standard InChI is InChI=1S/C2H6O2.H3O4P.Sb/c3-1-2-4;1-5(2,3)4;/h3-4H,1-2H2;(H3,1,2,3,4);/q;;+3/p-3. The zero-order valence-corrected chi connectivity index (χ0v) is 8.28. The van der Waals surface area contributed by atoms with Crippen molar-refractivity contribution in [2.24, 2.45) is 0 Å². The van der Waals surface area contributed by atoms with Gasteiger partial charge in [-0.2, -0.15) is 7.82 Å². The van der Waals surface area contributed by atoms with E-state index in [-0.39, 0.29) is 37.6 Å². The Morgan fingerprint density at radius 2 is 1.20 bits per heavy atom. The molecule has 0 rings (SSSR count). The Bertz CT molecular complexity index is 79.5. The molecule has 0 aliphatic carbocycles. The van der Waals surface area contributed by atoms with Crippen molar-refractivity contribution in [2.45, 2.75) is 0 Å². The quantitative estimate of drug-likeness (QED) is 0.370. The third-order valence-corrected chi connectivity index (χ3v) is 0.1000. The minimum atomic E-state index is -5.39. The molecule has 0 unspecified atom stereocenters. The van der Waals surface area contributed by atoms with E-state index in [1.165, 1.54) is 0 Å². The molecular formula is C2H6O6PSb. The molecule has 6 nitrogen and oxygen atoms in total. The Kier molecular flexibility index (Phi) is 16.8. The predicted molar refractivity (Wildman–Crippen MR) is 27.5 cm³/mol. The van der Waals surface area contributed by atoms with Crippen molar-refractivity contribution < 1.29 is 29.5 Å². The number of rotatable bonds is 1. The molecule has 8 heteroatoms. The van der Waals surface area contributed by atoms with Gasteiger partial charge in [0.1, 0.15) is 0 Å². The normalized spacial score (nSPS) is 8.90. The van der Waals surface area contributed by atoms with E-state index in [1.54, 1.807) is 0 Å². The van der Waals surface area contributed by atoms with Crippen LogP contribution in [0.5, 0.6) is 0 Å². The summed E-state index contributed by atoms with van der Waals surface area (Å²) < 4.78 is 8.55. The van der Waals surface area contributed by atoms with E-state index in [2.05, 4.69) is 0 Å². The second-order valence-electron chi connectivity index (χ2n) is 0.894. The minimum absolute atomic E-state index is 0. The summed E-state index contributed by atoms with van der Waals surface area (Å²) in [4.78, 5) is 25.6. The maximum absolute atomic E-state index is 8.55. The average Bonchev–Trinajstić information content (AvgIpc) is 1.61. The van der Waals surface area contributed by atoms with Gasteiger partial charge in [-0.1, -0.05) is 0 Å². The monoisotopic (exact) mass is 278 g/mol. The maximum atomic E-state index is 8.55. The molecule has 0 aliphatic heterocycles. The molecule has 60 valence electrons. The molecule has 0 aromatic carbocycles. The molecule has 2 N–H and O–H groups in total. The third kappa shape index (κ3) is 160. The smallest absolute Gasteiger partial charge is 0.822 e. The molecule has 0 amide bonds. The molecule has 0 bridgehead atoms. The topological polar surface area (TPSA) is 127 Å². The van der Waals surface area contributed by atoms with Crippen LogP contribution in [-0.4, -0.2) is 47.9 Å². The van der Waals surface area contributed by atoms with Crippen LogP contribution < -0.4 is 14.7 Å². The van der Waals surface area contributed by atoms with Crippen LogP contribution in [0.2, 0.25) is 0 Å². The molecule has 0 aliphatic rings. The van der Waals surface area contributed by atoms with Gasteiger partial charge in [-0.25, -0.2) is 0 Å². The second-order valence-corrected chi connectivity index (χ2v) is 1.79. The molecule has 10 heavy (non-hydrogen) atoms. The van der Waals surface area contributed by atoms with Gasteiger partial charge in [0.25, 0.3) is 0 Å². The fourth-order valence-electron chi connectivity index (χ4n) is 0. The van der Waals surface area contributed by atoms with Crippen LogP contribution in [0.4, 0.5) is 0 Å². The summed E-state index contributed by atoms with van der Waals surface area (Å²) in [5.74, 6) is 0. The fraction of sp³-hybridized carbons (Fsp3) is 1.00. The van der Waals surface area contributed by atoms with E-state index in [9.17, 15) is 0 Å². The number of hydrogen-bond donors (Lipinski definition) is 2. The molecule has 0 saturated heterocycles.